The number of carbonyl (C=O) groups is 1. The number of halogens is 2. The quantitative estimate of drug-likeness (QED) is 0.468. The molecule has 0 saturated carbocycles. The number of ether oxygens (including phenoxy) is 2. The van der Waals surface area contributed by atoms with Crippen molar-refractivity contribution in [2.45, 2.75) is 13.0 Å². The van der Waals surface area contributed by atoms with Gasteiger partial charge in [-0.2, -0.15) is 0 Å². The van der Waals surface area contributed by atoms with E-state index in [2.05, 4.69) is 0 Å². The molecule has 182 valence electrons. The summed E-state index contributed by atoms with van der Waals surface area (Å²) in [5.41, 5.74) is 0.298. The minimum Gasteiger partial charge on any atom is -0.481 e. The van der Waals surface area contributed by atoms with Crippen molar-refractivity contribution >= 4 is 23.0 Å². The van der Waals surface area contributed by atoms with Crippen LogP contribution in [0.25, 0.3) is 0 Å². The van der Waals surface area contributed by atoms with Gasteiger partial charge in [-0.1, -0.05) is 12.1 Å². The molecule has 2 fully saturated rings. The Bertz CT molecular complexity index is 1060. The second-order valence-corrected chi connectivity index (χ2v) is 8.25. The van der Waals surface area contributed by atoms with Crippen LogP contribution in [0.1, 0.15) is 6.92 Å². The van der Waals surface area contributed by atoms with Crippen LogP contribution >= 0.6 is 0 Å². The van der Waals surface area contributed by atoms with E-state index in [1.54, 1.807) is 15.9 Å². The van der Waals surface area contributed by atoms with Gasteiger partial charge in [-0.3, -0.25) is 14.9 Å². The van der Waals surface area contributed by atoms with Crippen molar-refractivity contribution in [2.75, 3.05) is 62.3 Å². The number of nitrogens with zero attached hydrogens (tertiary/aromatic N) is 4. The molecule has 2 aliphatic heterocycles. The summed E-state index contributed by atoms with van der Waals surface area (Å²) < 4.78 is 39.1. The Morgan fingerprint density at radius 2 is 1.82 bits per heavy atom. The summed E-state index contributed by atoms with van der Waals surface area (Å²) in [6.07, 6.45) is 0. The summed E-state index contributed by atoms with van der Waals surface area (Å²) in [4.78, 5) is 29.0. The van der Waals surface area contributed by atoms with Gasteiger partial charge in [0.1, 0.15) is 5.69 Å². The summed E-state index contributed by atoms with van der Waals surface area (Å²) >= 11 is 0. The molecule has 4 rings (SSSR count). The van der Waals surface area contributed by atoms with Gasteiger partial charge >= 0.3 is 0 Å². The number of rotatable bonds is 6. The van der Waals surface area contributed by atoms with Crippen molar-refractivity contribution in [1.82, 2.24) is 4.90 Å². The number of nitro benzene ring substituents is 1. The van der Waals surface area contributed by atoms with E-state index in [4.69, 9.17) is 9.47 Å². The maximum absolute atomic E-state index is 14.7. The third kappa shape index (κ3) is 5.04. The lowest BCUT2D eigenvalue weighted by atomic mass is 10.1. The van der Waals surface area contributed by atoms with Crippen LogP contribution in [0.15, 0.2) is 36.4 Å². The van der Waals surface area contributed by atoms with Crippen molar-refractivity contribution < 1.29 is 28.0 Å². The summed E-state index contributed by atoms with van der Waals surface area (Å²) in [6.45, 7) is 4.35. The average Bonchev–Trinajstić information content (AvgIpc) is 2.83. The van der Waals surface area contributed by atoms with Gasteiger partial charge < -0.3 is 24.2 Å². The maximum Gasteiger partial charge on any atom is 0.295 e. The van der Waals surface area contributed by atoms with Crippen LogP contribution in [0.2, 0.25) is 0 Å². The van der Waals surface area contributed by atoms with E-state index in [-0.39, 0.29) is 30.0 Å². The van der Waals surface area contributed by atoms with Gasteiger partial charge in [0.15, 0.2) is 24.0 Å². The standard InChI is InChI=1S/C23H26F2N4O5/c1-16-14-27(6-7-28(16)23(30)15-34-22-5-3-2-4-17(22)24)20-13-19(26-8-10-33-11-9-26)18(25)12-21(20)29(31)32/h2-5,12-13,16H,6-11,14-15H2,1H3. The predicted molar refractivity (Wildman–Crippen MR) is 121 cm³/mol. The first-order valence-corrected chi connectivity index (χ1v) is 11.1. The van der Waals surface area contributed by atoms with E-state index in [0.717, 1.165) is 6.07 Å². The van der Waals surface area contributed by atoms with Gasteiger partial charge in [0, 0.05) is 38.8 Å². The molecule has 2 saturated heterocycles. The van der Waals surface area contributed by atoms with E-state index in [1.807, 2.05) is 11.8 Å². The number of para-hydroxylation sites is 1. The molecule has 0 spiro atoms. The van der Waals surface area contributed by atoms with Crippen LogP contribution in [0.3, 0.4) is 0 Å². The van der Waals surface area contributed by atoms with Crippen LogP contribution in [-0.2, 0) is 9.53 Å². The molecule has 9 nitrogen and oxygen atoms in total. The molecular weight excluding hydrogens is 450 g/mol. The topological polar surface area (TPSA) is 88.4 Å². The first-order valence-electron chi connectivity index (χ1n) is 11.1. The number of benzene rings is 2. The summed E-state index contributed by atoms with van der Waals surface area (Å²) in [6, 6.07) is 8.04. The van der Waals surface area contributed by atoms with Gasteiger partial charge in [0.25, 0.3) is 11.6 Å². The van der Waals surface area contributed by atoms with Crippen LogP contribution < -0.4 is 14.5 Å². The number of anilines is 2. The minimum atomic E-state index is -0.649. The molecule has 0 radical (unpaired) electrons. The fraction of sp³-hybridized carbons (Fsp3) is 0.435. The third-order valence-corrected chi connectivity index (χ3v) is 6.07. The Kier molecular flexibility index (Phi) is 7.11. The van der Waals surface area contributed by atoms with Gasteiger partial charge in [0.05, 0.1) is 29.9 Å². The Balaban J connectivity index is 1.48. The minimum absolute atomic E-state index is 0.000261. The monoisotopic (exact) mass is 476 g/mol. The molecule has 2 heterocycles. The third-order valence-electron chi connectivity index (χ3n) is 6.07. The molecule has 2 aliphatic rings. The second-order valence-electron chi connectivity index (χ2n) is 8.25. The van der Waals surface area contributed by atoms with Crippen molar-refractivity contribution in [3.05, 3.63) is 58.1 Å². The van der Waals surface area contributed by atoms with E-state index < -0.39 is 16.6 Å². The van der Waals surface area contributed by atoms with Crippen molar-refractivity contribution in [1.29, 1.82) is 0 Å². The first kappa shape index (κ1) is 23.7. The van der Waals surface area contributed by atoms with Crippen LogP contribution in [0.5, 0.6) is 5.75 Å². The van der Waals surface area contributed by atoms with E-state index in [9.17, 15) is 23.7 Å². The van der Waals surface area contributed by atoms with Gasteiger partial charge in [0.2, 0.25) is 0 Å². The van der Waals surface area contributed by atoms with Crippen molar-refractivity contribution in [2.24, 2.45) is 0 Å². The molecule has 1 amide bonds. The zero-order chi connectivity index (χ0) is 24.2. The molecule has 11 heteroatoms. The lowest BCUT2D eigenvalue weighted by molar-refractivity contribution is -0.384. The average molecular weight is 476 g/mol. The highest BCUT2D eigenvalue weighted by molar-refractivity contribution is 5.79. The number of hydrogen-bond acceptors (Lipinski definition) is 7. The molecule has 1 unspecified atom stereocenters. The van der Waals surface area contributed by atoms with Crippen molar-refractivity contribution in [3.63, 3.8) is 0 Å². The normalized spacial score (nSPS) is 18.7. The zero-order valence-electron chi connectivity index (χ0n) is 18.8. The Morgan fingerprint density at radius 1 is 1.09 bits per heavy atom. The van der Waals surface area contributed by atoms with E-state index in [0.29, 0.717) is 57.3 Å². The highest BCUT2D eigenvalue weighted by atomic mass is 19.1. The van der Waals surface area contributed by atoms with Gasteiger partial charge in [-0.15, -0.1) is 0 Å². The first-order chi connectivity index (χ1) is 16.3. The second kappa shape index (κ2) is 10.2. The predicted octanol–water partition coefficient (Wildman–Crippen LogP) is 2.83. The number of carbonyl (C=O) groups excluding carboxylic acids is 1. The maximum atomic E-state index is 14.7. The zero-order valence-corrected chi connectivity index (χ0v) is 18.8. The molecular formula is C23H26F2N4O5. The molecule has 0 bridgehead atoms. The number of morpholine rings is 1. The Morgan fingerprint density at radius 3 is 2.50 bits per heavy atom. The Labute approximate surface area is 195 Å². The highest BCUT2D eigenvalue weighted by Crippen LogP contribution is 2.36. The van der Waals surface area contributed by atoms with Gasteiger partial charge in [-0.25, -0.2) is 8.78 Å². The van der Waals surface area contributed by atoms with Crippen molar-refractivity contribution in [3.8, 4) is 5.75 Å². The lowest BCUT2D eigenvalue weighted by Gasteiger charge is -2.41. The van der Waals surface area contributed by atoms with Crippen LogP contribution in [-0.4, -0.2) is 74.3 Å². The number of piperazine rings is 1. The molecule has 0 aromatic heterocycles. The fourth-order valence-corrected chi connectivity index (χ4v) is 4.32. The molecule has 34 heavy (non-hydrogen) atoms. The van der Waals surface area contributed by atoms with Crippen LogP contribution in [0, 0.1) is 21.7 Å². The summed E-state index contributed by atoms with van der Waals surface area (Å²) in [5.74, 6) is -1.50. The smallest absolute Gasteiger partial charge is 0.295 e. The number of nitro groups is 1. The van der Waals surface area contributed by atoms with E-state index in [1.165, 1.54) is 24.3 Å². The molecule has 1 atom stereocenters. The summed E-state index contributed by atoms with van der Waals surface area (Å²) in [7, 11) is 0. The Hall–Kier alpha value is -3.47. The SMILES string of the molecule is CC1CN(c2cc(N3CCOCC3)c(F)cc2[N+](=O)[O-])CCN1C(=O)COc1ccccc1F. The largest absolute Gasteiger partial charge is 0.481 e. The number of amides is 1. The summed E-state index contributed by atoms with van der Waals surface area (Å²) in [5, 5.41) is 11.7. The molecule has 0 aliphatic carbocycles. The van der Waals surface area contributed by atoms with Crippen LogP contribution in [0.4, 0.5) is 25.8 Å². The molecule has 2 aromatic rings. The molecule has 0 N–H and O–H groups in total. The highest BCUT2D eigenvalue weighted by Gasteiger charge is 2.32. The lowest BCUT2D eigenvalue weighted by Crippen LogP contribution is -2.55. The number of hydrogen-bond donors (Lipinski definition) is 0. The molecule has 2 aromatic carbocycles. The van der Waals surface area contributed by atoms with Gasteiger partial charge in [-0.05, 0) is 25.1 Å². The van der Waals surface area contributed by atoms with E-state index >= 15 is 0 Å². The fourth-order valence-electron chi connectivity index (χ4n) is 4.32.